The molecule has 1 nitrogen and oxygen atoms in total. The summed E-state index contributed by atoms with van der Waals surface area (Å²) in [7, 11) is 0. The fourth-order valence-electron chi connectivity index (χ4n) is 0.953. The summed E-state index contributed by atoms with van der Waals surface area (Å²) >= 11 is 17.2. The summed E-state index contributed by atoms with van der Waals surface area (Å²) < 4.78 is 5.34. The van der Waals surface area contributed by atoms with Crippen LogP contribution in [0.5, 0.6) is 0 Å². The molecule has 0 bridgehead atoms. The second-order valence-electron chi connectivity index (χ2n) is 3.44. The van der Waals surface area contributed by atoms with Crippen molar-refractivity contribution < 1.29 is 4.74 Å². The fraction of sp³-hybridized carbons (Fsp3) is 0.778. The maximum atomic E-state index is 5.74. The van der Waals surface area contributed by atoms with Gasteiger partial charge in [0.05, 0.1) is 6.61 Å². The largest absolute Gasteiger partial charge is 0.377 e. The van der Waals surface area contributed by atoms with Gasteiger partial charge in [-0.25, -0.2) is 0 Å². The minimum absolute atomic E-state index is 0.652. The van der Waals surface area contributed by atoms with Gasteiger partial charge in [0, 0.05) is 6.61 Å². The number of hydrogen-bond donors (Lipinski definition) is 0. The number of halogens is 3. The molecule has 5 heteroatoms. The van der Waals surface area contributed by atoms with Crippen molar-refractivity contribution in [1.82, 2.24) is 0 Å². The molecule has 0 rings (SSSR count). The first kappa shape index (κ1) is 14.8. The zero-order chi connectivity index (χ0) is 11.0. The van der Waals surface area contributed by atoms with Gasteiger partial charge in [-0.2, -0.15) is 0 Å². The van der Waals surface area contributed by atoms with Gasteiger partial charge >= 0.3 is 6.00 Å². The van der Waals surface area contributed by atoms with E-state index >= 15 is 0 Å². The minimum Gasteiger partial charge on any atom is -0.377 e. The van der Waals surface area contributed by atoms with Crippen LogP contribution in [0.3, 0.4) is 0 Å². The molecule has 0 atom stereocenters. The number of ether oxygens (including phenoxy) is 1. The van der Waals surface area contributed by atoms with Crippen molar-refractivity contribution in [2.75, 3.05) is 13.2 Å². The van der Waals surface area contributed by atoms with Gasteiger partial charge < -0.3 is 4.74 Å². The SMILES string of the molecule is C=C(C)COCCCCC[Si](Cl)(Cl)Cl. The molecular formula is C9H17Cl3OSi. The summed E-state index contributed by atoms with van der Waals surface area (Å²) in [6.07, 6.45) is 3.08. The molecule has 0 aliphatic heterocycles. The molecule has 0 aromatic carbocycles. The molecule has 0 aliphatic rings. The molecule has 0 aliphatic carbocycles. The third-order valence-corrected chi connectivity index (χ3v) is 4.22. The lowest BCUT2D eigenvalue weighted by atomic mass is 10.3. The van der Waals surface area contributed by atoms with Gasteiger partial charge in [-0.15, -0.1) is 33.2 Å². The molecule has 0 N–H and O–H groups in total. The smallest absolute Gasteiger partial charge is 0.341 e. The van der Waals surface area contributed by atoms with Crippen LogP contribution < -0.4 is 0 Å². The van der Waals surface area contributed by atoms with Crippen LogP contribution in [-0.2, 0) is 4.74 Å². The van der Waals surface area contributed by atoms with Gasteiger partial charge in [-0.05, 0) is 19.4 Å². The molecular weight excluding hydrogens is 259 g/mol. The Bertz CT molecular complexity index is 168. The molecule has 0 radical (unpaired) electrons. The van der Waals surface area contributed by atoms with Crippen molar-refractivity contribution in [1.29, 1.82) is 0 Å². The Morgan fingerprint density at radius 2 is 1.86 bits per heavy atom. The van der Waals surface area contributed by atoms with E-state index < -0.39 is 6.00 Å². The van der Waals surface area contributed by atoms with Crippen LogP contribution in [0.4, 0.5) is 0 Å². The molecule has 0 spiro atoms. The van der Waals surface area contributed by atoms with E-state index in [9.17, 15) is 0 Å². The van der Waals surface area contributed by atoms with E-state index in [1.165, 1.54) is 0 Å². The van der Waals surface area contributed by atoms with E-state index in [0.717, 1.165) is 37.5 Å². The second-order valence-corrected chi connectivity index (χ2v) is 12.7. The third kappa shape index (κ3) is 12.8. The van der Waals surface area contributed by atoms with E-state index in [1.54, 1.807) is 0 Å². The summed E-state index contributed by atoms with van der Waals surface area (Å²) in [6, 6.07) is -1.63. The summed E-state index contributed by atoms with van der Waals surface area (Å²) in [4.78, 5) is 0. The van der Waals surface area contributed by atoms with Crippen molar-refractivity contribution in [2.24, 2.45) is 0 Å². The molecule has 0 aromatic rings. The second kappa shape index (κ2) is 8.00. The third-order valence-electron chi connectivity index (χ3n) is 1.60. The molecule has 14 heavy (non-hydrogen) atoms. The first-order chi connectivity index (χ1) is 6.42. The molecule has 0 saturated carbocycles. The average molecular weight is 276 g/mol. The predicted octanol–water partition coefficient (Wildman–Crippen LogP) is 4.40. The summed E-state index contributed by atoms with van der Waals surface area (Å²) in [5, 5.41) is 0. The van der Waals surface area contributed by atoms with Crippen molar-refractivity contribution in [2.45, 2.75) is 32.2 Å². The highest BCUT2D eigenvalue weighted by atomic mass is 35.8. The summed E-state index contributed by atoms with van der Waals surface area (Å²) in [5.74, 6) is 0. The predicted molar refractivity (Wildman–Crippen MR) is 67.6 cm³/mol. The Kier molecular flexibility index (Phi) is 8.45. The quantitative estimate of drug-likeness (QED) is 0.276. The molecule has 0 saturated heterocycles. The zero-order valence-corrected chi connectivity index (χ0v) is 11.8. The van der Waals surface area contributed by atoms with Crippen molar-refractivity contribution in [3.63, 3.8) is 0 Å². The van der Waals surface area contributed by atoms with Gasteiger partial charge in [0.1, 0.15) is 0 Å². The first-order valence-electron chi connectivity index (χ1n) is 4.70. The normalized spacial score (nSPS) is 11.7. The highest BCUT2D eigenvalue weighted by Gasteiger charge is 2.23. The average Bonchev–Trinajstić information content (AvgIpc) is 2.00. The van der Waals surface area contributed by atoms with Crippen molar-refractivity contribution in [3.8, 4) is 0 Å². The maximum Gasteiger partial charge on any atom is 0.341 e. The van der Waals surface area contributed by atoms with E-state index in [1.807, 2.05) is 6.92 Å². The van der Waals surface area contributed by atoms with Crippen LogP contribution in [0.1, 0.15) is 26.2 Å². The zero-order valence-electron chi connectivity index (χ0n) is 8.49. The van der Waals surface area contributed by atoms with Crippen molar-refractivity contribution in [3.05, 3.63) is 12.2 Å². The number of hydrogen-bond acceptors (Lipinski definition) is 1. The Morgan fingerprint density at radius 3 is 2.36 bits per heavy atom. The number of unbranched alkanes of at least 4 members (excludes halogenated alkanes) is 2. The minimum atomic E-state index is -2.38. The summed E-state index contributed by atoms with van der Waals surface area (Å²) in [6.45, 7) is 7.13. The first-order valence-corrected chi connectivity index (χ1v) is 9.95. The molecule has 0 heterocycles. The Balaban J connectivity index is 3.11. The lowest BCUT2D eigenvalue weighted by Gasteiger charge is -2.07. The topological polar surface area (TPSA) is 9.23 Å². The van der Waals surface area contributed by atoms with E-state index in [-0.39, 0.29) is 0 Å². The molecule has 0 fully saturated rings. The van der Waals surface area contributed by atoms with E-state index in [2.05, 4.69) is 6.58 Å². The Morgan fingerprint density at radius 1 is 1.21 bits per heavy atom. The maximum absolute atomic E-state index is 5.74. The molecule has 0 aromatic heterocycles. The monoisotopic (exact) mass is 274 g/mol. The lowest BCUT2D eigenvalue weighted by Crippen LogP contribution is -2.08. The fourth-order valence-corrected chi connectivity index (χ4v) is 2.81. The molecule has 84 valence electrons. The van der Waals surface area contributed by atoms with Gasteiger partial charge in [0.25, 0.3) is 0 Å². The van der Waals surface area contributed by atoms with Gasteiger partial charge in [0.15, 0.2) is 0 Å². The van der Waals surface area contributed by atoms with Crippen LogP contribution in [0, 0.1) is 0 Å². The van der Waals surface area contributed by atoms with Gasteiger partial charge in [-0.1, -0.05) is 25.0 Å². The highest BCUT2D eigenvalue weighted by Crippen LogP contribution is 2.27. The Labute approximate surface area is 101 Å². The van der Waals surface area contributed by atoms with Crippen LogP contribution in [0.25, 0.3) is 0 Å². The van der Waals surface area contributed by atoms with Crippen LogP contribution in [0.2, 0.25) is 6.04 Å². The van der Waals surface area contributed by atoms with E-state index in [0.29, 0.717) is 6.61 Å². The highest BCUT2D eigenvalue weighted by molar-refractivity contribution is 7.64. The van der Waals surface area contributed by atoms with Gasteiger partial charge in [0.2, 0.25) is 0 Å². The van der Waals surface area contributed by atoms with Crippen LogP contribution >= 0.6 is 33.2 Å². The standard InChI is InChI=1S/C9H17Cl3OSi/c1-9(2)8-13-6-4-3-5-7-14(10,11)12/h1,3-8H2,2H3. The molecule has 0 unspecified atom stereocenters. The van der Waals surface area contributed by atoms with Crippen LogP contribution in [0.15, 0.2) is 12.2 Å². The Hall–Kier alpha value is 0.787. The van der Waals surface area contributed by atoms with E-state index in [4.69, 9.17) is 38.0 Å². The number of rotatable bonds is 8. The van der Waals surface area contributed by atoms with Crippen LogP contribution in [-0.4, -0.2) is 19.2 Å². The molecule has 0 amide bonds. The lowest BCUT2D eigenvalue weighted by molar-refractivity contribution is 0.152. The summed E-state index contributed by atoms with van der Waals surface area (Å²) in [5.41, 5.74) is 1.05. The van der Waals surface area contributed by atoms with Crippen molar-refractivity contribution >= 4 is 39.2 Å². The van der Waals surface area contributed by atoms with Gasteiger partial charge in [-0.3, -0.25) is 0 Å².